The van der Waals surface area contributed by atoms with Gasteiger partial charge in [-0.3, -0.25) is 9.63 Å². The number of nitrogens with zero attached hydrogens (tertiary/aromatic N) is 2. The van der Waals surface area contributed by atoms with Crippen molar-refractivity contribution in [1.82, 2.24) is 15.3 Å². The molecule has 1 aliphatic carbocycles. The number of hydrogen-bond acceptors (Lipinski definition) is 3. The number of fused-ring (bicyclic) bond motifs is 4. The Morgan fingerprint density at radius 2 is 2.00 bits per heavy atom. The lowest BCUT2D eigenvalue weighted by Crippen LogP contribution is -2.58. The molecule has 0 spiro atoms. The van der Waals surface area contributed by atoms with Crippen LogP contribution in [0.2, 0.25) is 0 Å². The molecule has 2 fully saturated rings. The van der Waals surface area contributed by atoms with Gasteiger partial charge in [0.15, 0.2) is 0 Å². The number of urea groups is 1. The van der Waals surface area contributed by atoms with Crippen LogP contribution >= 0.6 is 0 Å². The molecule has 4 atom stereocenters. The average molecular weight is 313 g/mol. The topological polar surface area (TPSA) is 61.9 Å². The summed E-state index contributed by atoms with van der Waals surface area (Å²) in [4.78, 5) is 32.3. The number of rotatable bonds is 4. The number of nitrogens with one attached hydrogen (secondary N) is 1. The van der Waals surface area contributed by atoms with E-state index in [9.17, 15) is 9.59 Å². The van der Waals surface area contributed by atoms with Crippen molar-refractivity contribution in [2.24, 2.45) is 11.8 Å². The van der Waals surface area contributed by atoms with Gasteiger partial charge >= 0.3 is 6.03 Å². The van der Waals surface area contributed by atoms with Gasteiger partial charge in [0.1, 0.15) is 12.6 Å². The second-order valence-corrected chi connectivity index (χ2v) is 6.19. The van der Waals surface area contributed by atoms with Crippen molar-refractivity contribution in [1.29, 1.82) is 0 Å². The Morgan fingerprint density at radius 1 is 1.26 bits per heavy atom. The van der Waals surface area contributed by atoms with E-state index in [2.05, 4.69) is 11.4 Å². The van der Waals surface area contributed by atoms with Crippen molar-refractivity contribution in [3.8, 4) is 0 Å². The average Bonchev–Trinajstić information content (AvgIpc) is 2.82. The zero-order valence-electron chi connectivity index (χ0n) is 12.9. The van der Waals surface area contributed by atoms with Crippen LogP contribution in [0.3, 0.4) is 0 Å². The van der Waals surface area contributed by atoms with Crippen molar-refractivity contribution in [3.63, 3.8) is 0 Å². The number of benzene rings is 1. The summed E-state index contributed by atoms with van der Waals surface area (Å²) in [5, 5.41) is 4.14. The molecule has 1 aromatic rings. The first-order chi connectivity index (χ1) is 11.2. The van der Waals surface area contributed by atoms with Gasteiger partial charge in [0.2, 0.25) is 5.91 Å². The fraction of sp³-hybridized carbons (Fsp3) is 0.412. The Bertz CT molecular complexity index is 660. The maximum atomic E-state index is 12.7. The first-order valence-corrected chi connectivity index (χ1v) is 7.87. The lowest BCUT2D eigenvalue weighted by atomic mass is 9.70. The quantitative estimate of drug-likeness (QED) is 0.849. The molecule has 2 heterocycles. The Morgan fingerprint density at radius 3 is 2.65 bits per heavy atom. The molecule has 2 saturated heterocycles. The molecule has 2 bridgehead atoms. The largest absolute Gasteiger partial charge is 0.357 e. The molecule has 4 unspecified atom stereocenters. The minimum Gasteiger partial charge on any atom is -0.357 e. The van der Waals surface area contributed by atoms with Crippen LogP contribution in [0.25, 0.3) is 0 Å². The SMILES string of the molecule is CNC(=O)C1C2C=CC2C2CN1C(=O)N2OCc1ccccc1. The van der Waals surface area contributed by atoms with Gasteiger partial charge in [-0.25, -0.2) is 4.79 Å². The summed E-state index contributed by atoms with van der Waals surface area (Å²) in [6, 6.07) is 9.11. The van der Waals surface area contributed by atoms with E-state index in [1.54, 1.807) is 11.9 Å². The monoisotopic (exact) mass is 313 g/mol. The van der Waals surface area contributed by atoms with E-state index >= 15 is 0 Å². The highest BCUT2D eigenvalue weighted by atomic mass is 16.7. The summed E-state index contributed by atoms with van der Waals surface area (Å²) in [5.41, 5.74) is 1.01. The minimum atomic E-state index is -0.427. The summed E-state index contributed by atoms with van der Waals surface area (Å²) in [6.45, 7) is 0.889. The Balaban J connectivity index is 1.54. The van der Waals surface area contributed by atoms with Crippen molar-refractivity contribution >= 4 is 11.9 Å². The standard InChI is InChI=1S/C17H19N3O3/c1-18-16(21)15-13-8-7-12(13)14-9-19(15)17(22)20(14)23-10-11-5-3-2-4-6-11/h2-8,12-15H,9-10H2,1H3,(H,18,21). The summed E-state index contributed by atoms with van der Waals surface area (Å²) in [5.74, 6) is 0.166. The molecule has 3 aliphatic rings. The summed E-state index contributed by atoms with van der Waals surface area (Å²) in [7, 11) is 1.61. The van der Waals surface area contributed by atoms with Gasteiger partial charge in [-0.05, 0) is 5.56 Å². The van der Waals surface area contributed by atoms with Crippen molar-refractivity contribution < 1.29 is 14.4 Å². The number of carbonyl (C=O) groups is 2. The summed E-state index contributed by atoms with van der Waals surface area (Å²) < 4.78 is 0. The van der Waals surface area contributed by atoms with E-state index in [1.165, 1.54) is 5.06 Å². The van der Waals surface area contributed by atoms with Gasteiger partial charge in [0.25, 0.3) is 0 Å². The zero-order valence-corrected chi connectivity index (χ0v) is 12.9. The first kappa shape index (κ1) is 14.3. The highest BCUT2D eigenvalue weighted by Gasteiger charge is 2.58. The highest BCUT2D eigenvalue weighted by molar-refractivity contribution is 5.89. The van der Waals surface area contributed by atoms with Crippen LogP contribution < -0.4 is 5.32 Å². The van der Waals surface area contributed by atoms with E-state index in [4.69, 9.17) is 4.84 Å². The molecule has 120 valence electrons. The maximum Gasteiger partial charge on any atom is 0.345 e. The van der Waals surface area contributed by atoms with Gasteiger partial charge < -0.3 is 10.2 Å². The van der Waals surface area contributed by atoms with Gasteiger partial charge in [-0.1, -0.05) is 42.5 Å². The first-order valence-electron chi connectivity index (χ1n) is 7.87. The molecule has 23 heavy (non-hydrogen) atoms. The van der Waals surface area contributed by atoms with Crippen LogP contribution in [0.1, 0.15) is 5.56 Å². The molecule has 1 N–H and O–H groups in total. The second-order valence-electron chi connectivity index (χ2n) is 6.19. The number of hydrogen-bond donors (Lipinski definition) is 1. The molecule has 1 aromatic carbocycles. The lowest BCUT2D eigenvalue weighted by Gasteiger charge is -2.44. The van der Waals surface area contributed by atoms with Crippen molar-refractivity contribution in [2.45, 2.75) is 18.7 Å². The van der Waals surface area contributed by atoms with E-state index in [-0.39, 0.29) is 29.8 Å². The van der Waals surface area contributed by atoms with Crippen LogP contribution in [-0.4, -0.2) is 47.6 Å². The fourth-order valence-electron chi connectivity index (χ4n) is 3.74. The number of likely N-dealkylation sites (N-methyl/N-ethyl adjacent to an activating group) is 1. The van der Waals surface area contributed by atoms with Gasteiger partial charge in [0.05, 0.1) is 6.04 Å². The molecular weight excluding hydrogens is 294 g/mol. The summed E-state index contributed by atoms with van der Waals surface area (Å²) >= 11 is 0. The third-order valence-electron chi connectivity index (χ3n) is 4.99. The van der Waals surface area contributed by atoms with E-state index < -0.39 is 6.04 Å². The third-order valence-corrected chi connectivity index (χ3v) is 4.99. The predicted molar refractivity (Wildman–Crippen MR) is 82.9 cm³/mol. The molecule has 6 heteroatoms. The van der Waals surface area contributed by atoms with Crippen LogP contribution in [0.15, 0.2) is 42.5 Å². The van der Waals surface area contributed by atoms with E-state index in [1.807, 2.05) is 36.4 Å². The number of hydroxylamine groups is 2. The van der Waals surface area contributed by atoms with E-state index in [0.717, 1.165) is 5.56 Å². The van der Waals surface area contributed by atoms with Crippen molar-refractivity contribution in [3.05, 3.63) is 48.0 Å². The Labute approximate surface area is 134 Å². The summed E-state index contributed by atoms with van der Waals surface area (Å²) in [6.07, 6.45) is 4.11. The third kappa shape index (κ3) is 2.13. The number of amides is 3. The number of piperidine rings is 1. The zero-order chi connectivity index (χ0) is 16.0. The van der Waals surface area contributed by atoms with Crippen LogP contribution in [-0.2, 0) is 16.2 Å². The number of carbonyl (C=O) groups excluding carboxylic acids is 2. The van der Waals surface area contributed by atoms with Gasteiger partial charge in [-0.15, -0.1) is 0 Å². The Kier molecular flexibility index (Phi) is 3.34. The lowest BCUT2D eigenvalue weighted by molar-refractivity contribution is -0.150. The van der Waals surface area contributed by atoms with Crippen LogP contribution in [0.5, 0.6) is 0 Å². The molecule has 0 radical (unpaired) electrons. The molecule has 3 amide bonds. The smallest absolute Gasteiger partial charge is 0.345 e. The maximum absolute atomic E-state index is 12.7. The molecule has 6 nitrogen and oxygen atoms in total. The van der Waals surface area contributed by atoms with E-state index in [0.29, 0.717) is 13.2 Å². The van der Waals surface area contributed by atoms with Crippen molar-refractivity contribution in [2.75, 3.05) is 13.6 Å². The normalized spacial score (nSPS) is 30.9. The molecule has 2 aliphatic heterocycles. The molecular formula is C17H19N3O3. The second kappa shape index (κ2) is 5.38. The predicted octanol–water partition coefficient (Wildman–Crippen LogP) is 1.15. The molecule has 0 saturated carbocycles. The molecule has 4 rings (SSSR count). The van der Waals surface area contributed by atoms with Gasteiger partial charge in [0, 0.05) is 25.4 Å². The Hall–Kier alpha value is -2.34. The minimum absolute atomic E-state index is 0.0119. The highest BCUT2D eigenvalue weighted by Crippen LogP contribution is 2.44. The van der Waals surface area contributed by atoms with Gasteiger partial charge in [-0.2, -0.15) is 5.06 Å². The molecule has 0 aromatic heterocycles. The van der Waals surface area contributed by atoms with Crippen LogP contribution in [0, 0.1) is 11.8 Å². The van der Waals surface area contributed by atoms with Crippen LogP contribution in [0.4, 0.5) is 4.79 Å². The fourth-order valence-corrected chi connectivity index (χ4v) is 3.74.